The minimum Gasteiger partial charge on any atom is -0.485 e. The molecule has 27 heavy (non-hydrogen) atoms. The van der Waals surface area contributed by atoms with Gasteiger partial charge in [-0.15, -0.1) is 0 Å². The molecule has 1 unspecified atom stereocenters. The molecule has 0 bridgehead atoms. The Morgan fingerprint density at radius 1 is 1.19 bits per heavy atom. The highest BCUT2D eigenvalue weighted by Gasteiger charge is 2.28. The van der Waals surface area contributed by atoms with E-state index in [9.17, 15) is 4.79 Å². The molecule has 0 aromatic heterocycles. The Labute approximate surface area is 164 Å². The minimum atomic E-state index is -0.193. The number of halogens is 1. The molecule has 0 radical (unpaired) electrons. The smallest absolute Gasteiger partial charge is 0.255 e. The maximum Gasteiger partial charge on any atom is 0.255 e. The number of anilines is 1. The summed E-state index contributed by atoms with van der Waals surface area (Å²) < 4.78 is 16.7. The quantitative estimate of drug-likeness (QED) is 0.757. The first-order valence-electron chi connectivity index (χ1n) is 9.60. The fourth-order valence-corrected chi connectivity index (χ4v) is 4.18. The number of fused-ring (bicyclic) bond motifs is 1. The molecule has 1 aromatic carbocycles. The molecular formula is C19H26ClN3O4. The van der Waals surface area contributed by atoms with E-state index in [2.05, 4.69) is 10.2 Å². The Morgan fingerprint density at radius 3 is 2.63 bits per heavy atom. The molecule has 0 spiro atoms. The number of benzene rings is 1. The molecule has 3 aliphatic rings. The predicted octanol–water partition coefficient (Wildman–Crippen LogP) is 1.92. The average Bonchev–Trinajstić information content (AvgIpc) is 3.19. The number of nitrogens with one attached hydrogen (secondary N) is 1. The minimum absolute atomic E-state index is 0.144. The van der Waals surface area contributed by atoms with Crippen molar-refractivity contribution in [1.82, 2.24) is 10.2 Å². The molecule has 0 aliphatic carbocycles. The summed E-state index contributed by atoms with van der Waals surface area (Å²) in [4.78, 5) is 15.3. The molecule has 1 aromatic rings. The number of amides is 1. The normalized spacial score (nSPS) is 23.4. The summed E-state index contributed by atoms with van der Waals surface area (Å²) in [7, 11) is 0. The fraction of sp³-hybridized carbons (Fsp3) is 0.632. The van der Waals surface area contributed by atoms with Crippen molar-refractivity contribution in [2.24, 2.45) is 5.92 Å². The lowest BCUT2D eigenvalue weighted by atomic mass is 10.0. The highest BCUT2D eigenvalue weighted by molar-refractivity contribution is 6.34. The van der Waals surface area contributed by atoms with Crippen LogP contribution >= 0.6 is 11.6 Å². The number of carbonyl (C=O) groups excluding carboxylic acids is 1. The van der Waals surface area contributed by atoms with Crippen molar-refractivity contribution in [3.8, 4) is 11.5 Å². The molecule has 1 amide bonds. The number of rotatable bonds is 4. The maximum atomic E-state index is 12.8. The van der Waals surface area contributed by atoms with Gasteiger partial charge in [-0.05, 0) is 31.2 Å². The molecule has 3 aliphatic heterocycles. The standard InChI is InChI=1S/C19H26ClN3O4/c20-15-9-14(17-18(16(15)21)27-8-7-26-17)19(24)22-13-1-4-23(5-2-13)10-12-3-6-25-11-12/h9,12-13H,1-8,10-11,21H2,(H,22,24). The monoisotopic (exact) mass is 395 g/mol. The van der Waals surface area contributed by atoms with Crippen LogP contribution in [0.25, 0.3) is 0 Å². The fourth-order valence-electron chi connectivity index (χ4n) is 3.98. The van der Waals surface area contributed by atoms with Crippen molar-refractivity contribution in [1.29, 1.82) is 0 Å². The highest BCUT2D eigenvalue weighted by Crippen LogP contribution is 2.43. The van der Waals surface area contributed by atoms with Crippen LogP contribution in [0.4, 0.5) is 5.69 Å². The summed E-state index contributed by atoms with van der Waals surface area (Å²) in [6.07, 6.45) is 3.02. The van der Waals surface area contributed by atoms with Gasteiger partial charge in [-0.1, -0.05) is 11.6 Å². The number of nitrogens with two attached hydrogens (primary N) is 1. The third-order valence-electron chi connectivity index (χ3n) is 5.51. The Morgan fingerprint density at radius 2 is 1.93 bits per heavy atom. The number of ether oxygens (including phenoxy) is 3. The Balaban J connectivity index is 1.37. The molecule has 0 saturated carbocycles. The summed E-state index contributed by atoms with van der Waals surface area (Å²) in [5.74, 6) is 1.21. The lowest BCUT2D eigenvalue weighted by molar-refractivity contribution is 0.0893. The first kappa shape index (κ1) is 18.7. The van der Waals surface area contributed by atoms with Crippen molar-refractivity contribution in [2.45, 2.75) is 25.3 Å². The topological polar surface area (TPSA) is 86.1 Å². The first-order valence-corrected chi connectivity index (χ1v) is 9.98. The number of nitrogens with zero attached hydrogens (tertiary/aromatic N) is 1. The van der Waals surface area contributed by atoms with E-state index in [1.165, 1.54) is 0 Å². The van der Waals surface area contributed by atoms with E-state index in [1.54, 1.807) is 6.07 Å². The second-order valence-corrected chi connectivity index (χ2v) is 7.86. The summed E-state index contributed by atoms with van der Waals surface area (Å²) in [5.41, 5.74) is 6.65. The Kier molecular flexibility index (Phi) is 5.61. The lowest BCUT2D eigenvalue weighted by Gasteiger charge is -2.33. The first-order chi connectivity index (χ1) is 13.1. The number of hydrogen-bond donors (Lipinski definition) is 2. The Bertz CT molecular complexity index is 701. The van der Waals surface area contributed by atoms with Crippen LogP contribution < -0.4 is 20.5 Å². The van der Waals surface area contributed by atoms with Gasteiger partial charge < -0.3 is 30.2 Å². The average molecular weight is 396 g/mol. The van der Waals surface area contributed by atoms with Crippen LogP contribution in [0.2, 0.25) is 5.02 Å². The van der Waals surface area contributed by atoms with Crippen LogP contribution in [0.3, 0.4) is 0 Å². The second kappa shape index (κ2) is 8.12. The highest BCUT2D eigenvalue weighted by atomic mass is 35.5. The Hall–Kier alpha value is -1.70. The number of likely N-dealkylation sites (tertiary alicyclic amines) is 1. The van der Waals surface area contributed by atoms with Crippen LogP contribution in [0.15, 0.2) is 6.07 Å². The molecule has 4 rings (SSSR count). The van der Waals surface area contributed by atoms with Crippen LogP contribution in [0.1, 0.15) is 29.6 Å². The zero-order valence-electron chi connectivity index (χ0n) is 15.3. The number of piperidine rings is 1. The number of nitrogen functional groups attached to an aromatic ring is 1. The van der Waals surface area contributed by atoms with Crippen molar-refractivity contribution in [3.05, 3.63) is 16.7 Å². The third-order valence-corrected chi connectivity index (χ3v) is 5.82. The summed E-state index contributed by atoms with van der Waals surface area (Å²) in [5, 5.41) is 3.42. The maximum absolute atomic E-state index is 12.8. The molecule has 148 valence electrons. The van der Waals surface area contributed by atoms with Gasteiger partial charge in [0, 0.05) is 32.3 Å². The van der Waals surface area contributed by atoms with Gasteiger partial charge in [-0.2, -0.15) is 0 Å². The molecular weight excluding hydrogens is 370 g/mol. The zero-order valence-corrected chi connectivity index (χ0v) is 16.1. The van der Waals surface area contributed by atoms with E-state index in [1.807, 2.05) is 0 Å². The predicted molar refractivity (Wildman–Crippen MR) is 103 cm³/mol. The molecule has 2 saturated heterocycles. The molecule has 2 fully saturated rings. The summed E-state index contributed by atoms with van der Waals surface area (Å²) >= 11 is 6.18. The van der Waals surface area contributed by atoms with E-state index in [0.717, 1.165) is 52.1 Å². The van der Waals surface area contributed by atoms with E-state index in [-0.39, 0.29) is 11.9 Å². The van der Waals surface area contributed by atoms with Crippen LogP contribution in [0, 0.1) is 5.92 Å². The number of hydrogen-bond acceptors (Lipinski definition) is 6. The van der Waals surface area contributed by atoms with Gasteiger partial charge in [0.1, 0.15) is 13.2 Å². The molecule has 7 nitrogen and oxygen atoms in total. The van der Waals surface area contributed by atoms with Gasteiger partial charge in [0.25, 0.3) is 5.91 Å². The lowest BCUT2D eigenvalue weighted by Crippen LogP contribution is -2.46. The molecule has 3 heterocycles. The van der Waals surface area contributed by atoms with Crippen molar-refractivity contribution >= 4 is 23.2 Å². The van der Waals surface area contributed by atoms with E-state index < -0.39 is 0 Å². The van der Waals surface area contributed by atoms with Gasteiger partial charge in [0.15, 0.2) is 11.5 Å². The van der Waals surface area contributed by atoms with Gasteiger partial charge in [0.05, 0.1) is 22.9 Å². The van der Waals surface area contributed by atoms with Crippen molar-refractivity contribution < 1.29 is 19.0 Å². The van der Waals surface area contributed by atoms with Crippen LogP contribution in [-0.4, -0.2) is 62.9 Å². The van der Waals surface area contributed by atoms with Gasteiger partial charge >= 0.3 is 0 Å². The summed E-state index contributed by atoms with van der Waals surface area (Å²) in [6, 6.07) is 1.71. The van der Waals surface area contributed by atoms with E-state index >= 15 is 0 Å². The molecule has 8 heteroatoms. The van der Waals surface area contributed by atoms with E-state index in [0.29, 0.717) is 46.9 Å². The SMILES string of the molecule is Nc1c(Cl)cc(C(=O)NC2CCN(CC3CCOC3)CC2)c2c1OCCO2. The van der Waals surface area contributed by atoms with Gasteiger partial charge in [-0.3, -0.25) is 4.79 Å². The third kappa shape index (κ3) is 4.10. The van der Waals surface area contributed by atoms with Crippen LogP contribution in [0.5, 0.6) is 11.5 Å². The molecule has 1 atom stereocenters. The van der Waals surface area contributed by atoms with Crippen molar-refractivity contribution in [2.75, 3.05) is 51.8 Å². The summed E-state index contributed by atoms with van der Waals surface area (Å²) in [6.45, 7) is 5.61. The van der Waals surface area contributed by atoms with Gasteiger partial charge in [-0.25, -0.2) is 0 Å². The largest absolute Gasteiger partial charge is 0.485 e. The number of carbonyl (C=O) groups is 1. The molecule has 3 N–H and O–H groups in total. The second-order valence-electron chi connectivity index (χ2n) is 7.45. The van der Waals surface area contributed by atoms with Crippen LogP contribution in [-0.2, 0) is 4.74 Å². The van der Waals surface area contributed by atoms with E-state index in [4.69, 9.17) is 31.5 Å². The van der Waals surface area contributed by atoms with Crippen molar-refractivity contribution in [3.63, 3.8) is 0 Å². The zero-order chi connectivity index (χ0) is 18.8. The van der Waals surface area contributed by atoms with Gasteiger partial charge in [0.2, 0.25) is 0 Å².